The second kappa shape index (κ2) is 6.18. The van der Waals surface area contributed by atoms with Gasteiger partial charge in [0, 0.05) is 19.3 Å². The molecule has 5 nitrogen and oxygen atoms in total. The Bertz CT molecular complexity index is 347. The number of hydrogen-bond donors (Lipinski definition) is 1. The molecule has 0 bridgehead atoms. The maximum atomic E-state index is 11.9. The molecule has 1 aliphatic rings. The zero-order valence-corrected chi connectivity index (χ0v) is 9.93. The molecular weight excluding hydrogens is 216 g/mol. The lowest BCUT2D eigenvalue weighted by molar-refractivity contribution is 0.199. The zero-order valence-electron chi connectivity index (χ0n) is 9.93. The number of hydrogen-bond acceptors (Lipinski definition) is 3. The molecule has 0 aromatic carbocycles. The molecule has 1 fully saturated rings. The second-order valence-electron chi connectivity index (χ2n) is 4.27. The summed E-state index contributed by atoms with van der Waals surface area (Å²) in [5.74, 6) is 0. The van der Waals surface area contributed by atoms with Crippen molar-refractivity contribution in [2.24, 2.45) is 0 Å². The molecule has 0 aliphatic carbocycles. The van der Waals surface area contributed by atoms with Crippen LogP contribution in [-0.4, -0.2) is 34.2 Å². The highest BCUT2D eigenvalue weighted by molar-refractivity contribution is 5.74. The predicted octanol–water partition coefficient (Wildman–Crippen LogP) is 1.56. The SMILES string of the molecule is O=C(NCc1cccnn1)N1CCCCCC1. The molecular formula is C12H18N4O. The number of nitrogens with one attached hydrogen (secondary N) is 1. The standard InChI is InChI=1S/C12H18N4O/c17-12(16-8-3-1-2-4-9-16)13-10-11-6-5-7-14-15-11/h5-7H,1-4,8-10H2,(H,13,17). The van der Waals surface area contributed by atoms with Gasteiger partial charge in [-0.05, 0) is 25.0 Å². The first-order valence-electron chi connectivity index (χ1n) is 6.15. The van der Waals surface area contributed by atoms with Crippen LogP contribution in [-0.2, 0) is 6.54 Å². The number of nitrogens with zero attached hydrogens (tertiary/aromatic N) is 3. The van der Waals surface area contributed by atoms with Gasteiger partial charge in [-0.15, -0.1) is 0 Å². The van der Waals surface area contributed by atoms with Gasteiger partial charge in [0.05, 0.1) is 12.2 Å². The van der Waals surface area contributed by atoms with Crippen molar-refractivity contribution in [2.75, 3.05) is 13.1 Å². The summed E-state index contributed by atoms with van der Waals surface area (Å²) in [7, 11) is 0. The van der Waals surface area contributed by atoms with E-state index in [-0.39, 0.29) is 6.03 Å². The Morgan fingerprint density at radius 2 is 2.06 bits per heavy atom. The fraction of sp³-hybridized carbons (Fsp3) is 0.583. The van der Waals surface area contributed by atoms with Crippen LogP contribution in [0.4, 0.5) is 4.79 Å². The van der Waals surface area contributed by atoms with E-state index in [9.17, 15) is 4.79 Å². The van der Waals surface area contributed by atoms with Crippen molar-refractivity contribution < 1.29 is 4.79 Å². The molecule has 0 atom stereocenters. The average molecular weight is 234 g/mol. The van der Waals surface area contributed by atoms with E-state index in [0.717, 1.165) is 31.6 Å². The van der Waals surface area contributed by atoms with Gasteiger partial charge in [0.1, 0.15) is 0 Å². The molecule has 0 spiro atoms. The van der Waals surface area contributed by atoms with Crippen molar-refractivity contribution in [1.82, 2.24) is 20.4 Å². The molecule has 5 heteroatoms. The van der Waals surface area contributed by atoms with Gasteiger partial charge in [0.15, 0.2) is 0 Å². The van der Waals surface area contributed by atoms with Crippen molar-refractivity contribution in [3.05, 3.63) is 24.0 Å². The van der Waals surface area contributed by atoms with E-state index in [0.29, 0.717) is 6.54 Å². The van der Waals surface area contributed by atoms with E-state index in [4.69, 9.17) is 0 Å². The van der Waals surface area contributed by atoms with Crippen LogP contribution in [0.15, 0.2) is 18.3 Å². The third kappa shape index (κ3) is 3.69. The van der Waals surface area contributed by atoms with Gasteiger partial charge in [-0.1, -0.05) is 12.8 Å². The number of carbonyl (C=O) groups excluding carboxylic acids is 1. The summed E-state index contributed by atoms with van der Waals surface area (Å²) in [4.78, 5) is 13.8. The number of aromatic nitrogens is 2. The summed E-state index contributed by atoms with van der Waals surface area (Å²) in [5, 5.41) is 10.6. The Balaban J connectivity index is 1.80. The predicted molar refractivity (Wildman–Crippen MR) is 64.3 cm³/mol. The summed E-state index contributed by atoms with van der Waals surface area (Å²) in [6.07, 6.45) is 6.30. The Morgan fingerprint density at radius 3 is 2.71 bits per heavy atom. The summed E-state index contributed by atoms with van der Waals surface area (Å²) < 4.78 is 0. The Kier molecular flexibility index (Phi) is 4.30. The molecule has 1 N–H and O–H groups in total. The van der Waals surface area contributed by atoms with Gasteiger partial charge in [0.25, 0.3) is 0 Å². The lowest BCUT2D eigenvalue weighted by Crippen LogP contribution is -2.40. The van der Waals surface area contributed by atoms with Crippen molar-refractivity contribution >= 4 is 6.03 Å². The van der Waals surface area contributed by atoms with E-state index in [1.165, 1.54) is 12.8 Å². The van der Waals surface area contributed by atoms with Crippen molar-refractivity contribution in [3.63, 3.8) is 0 Å². The van der Waals surface area contributed by atoms with Gasteiger partial charge >= 0.3 is 6.03 Å². The first-order valence-corrected chi connectivity index (χ1v) is 6.15. The summed E-state index contributed by atoms with van der Waals surface area (Å²) in [5.41, 5.74) is 0.788. The largest absolute Gasteiger partial charge is 0.332 e. The van der Waals surface area contributed by atoms with Gasteiger partial charge in [0.2, 0.25) is 0 Å². The smallest absolute Gasteiger partial charge is 0.317 e. The quantitative estimate of drug-likeness (QED) is 0.844. The van der Waals surface area contributed by atoms with E-state index < -0.39 is 0 Å². The molecule has 92 valence electrons. The summed E-state index contributed by atoms with van der Waals surface area (Å²) >= 11 is 0. The highest BCUT2D eigenvalue weighted by Gasteiger charge is 2.14. The summed E-state index contributed by atoms with van der Waals surface area (Å²) in [6.45, 7) is 2.18. The van der Waals surface area contributed by atoms with Gasteiger partial charge in [-0.3, -0.25) is 0 Å². The van der Waals surface area contributed by atoms with Crippen molar-refractivity contribution in [1.29, 1.82) is 0 Å². The van der Waals surface area contributed by atoms with Crippen LogP contribution in [0.1, 0.15) is 31.4 Å². The molecule has 2 rings (SSSR count). The molecule has 2 amide bonds. The maximum Gasteiger partial charge on any atom is 0.317 e. The van der Waals surface area contributed by atoms with Crippen LogP contribution in [0.2, 0.25) is 0 Å². The van der Waals surface area contributed by atoms with Crippen LogP contribution in [0, 0.1) is 0 Å². The minimum Gasteiger partial charge on any atom is -0.332 e. The first kappa shape index (κ1) is 11.8. The van der Waals surface area contributed by atoms with Crippen LogP contribution in [0.25, 0.3) is 0 Å². The lowest BCUT2D eigenvalue weighted by Gasteiger charge is -2.20. The lowest BCUT2D eigenvalue weighted by atomic mass is 10.2. The van der Waals surface area contributed by atoms with Crippen molar-refractivity contribution in [2.45, 2.75) is 32.2 Å². The van der Waals surface area contributed by atoms with Crippen LogP contribution >= 0.6 is 0 Å². The number of carbonyl (C=O) groups is 1. The van der Waals surface area contributed by atoms with E-state index in [1.54, 1.807) is 6.20 Å². The molecule has 0 radical (unpaired) electrons. The van der Waals surface area contributed by atoms with Crippen LogP contribution in [0.3, 0.4) is 0 Å². The average Bonchev–Trinajstić information content (AvgIpc) is 2.66. The fourth-order valence-corrected chi connectivity index (χ4v) is 1.98. The highest BCUT2D eigenvalue weighted by atomic mass is 16.2. The Morgan fingerprint density at radius 1 is 1.29 bits per heavy atom. The van der Waals surface area contributed by atoms with E-state index in [1.807, 2.05) is 17.0 Å². The normalized spacial score (nSPS) is 16.4. The molecule has 2 heterocycles. The van der Waals surface area contributed by atoms with Gasteiger partial charge in [-0.2, -0.15) is 10.2 Å². The second-order valence-corrected chi connectivity index (χ2v) is 4.27. The molecule has 17 heavy (non-hydrogen) atoms. The molecule has 1 aromatic heterocycles. The van der Waals surface area contributed by atoms with Crippen LogP contribution < -0.4 is 5.32 Å². The number of urea groups is 1. The minimum atomic E-state index is 0.0116. The van der Waals surface area contributed by atoms with E-state index >= 15 is 0 Å². The number of rotatable bonds is 2. The molecule has 0 unspecified atom stereocenters. The third-order valence-electron chi connectivity index (χ3n) is 2.94. The Labute approximate surface area is 101 Å². The number of likely N-dealkylation sites (tertiary alicyclic amines) is 1. The molecule has 1 aromatic rings. The maximum absolute atomic E-state index is 11.9. The highest BCUT2D eigenvalue weighted by Crippen LogP contribution is 2.09. The fourth-order valence-electron chi connectivity index (χ4n) is 1.98. The monoisotopic (exact) mass is 234 g/mol. The van der Waals surface area contributed by atoms with Gasteiger partial charge in [-0.25, -0.2) is 4.79 Å². The van der Waals surface area contributed by atoms with Crippen LogP contribution in [0.5, 0.6) is 0 Å². The first-order chi connectivity index (χ1) is 8.36. The molecule has 1 saturated heterocycles. The Hall–Kier alpha value is -1.65. The van der Waals surface area contributed by atoms with Crippen molar-refractivity contribution in [3.8, 4) is 0 Å². The van der Waals surface area contributed by atoms with E-state index in [2.05, 4.69) is 15.5 Å². The minimum absolute atomic E-state index is 0.0116. The number of amides is 2. The van der Waals surface area contributed by atoms with Gasteiger partial charge < -0.3 is 10.2 Å². The topological polar surface area (TPSA) is 58.1 Å². The molecule has 1 aliphatic heterocycles. The summed E-state index contributed by atoms with van der Waals surface area (Å²) in [6, 6.07) is 3.69. The third-order valence-corrected chi connectivity index (χ3v) is 2.94. The molecule has 0 saturated carbocycles. The zero-order chi connectivity index (χ0) is 11.9.